The summed E-state index contributed by atoms with van der Waals surface area (Å²) in [6.07, 6.45) is 7.26. The fraction of sp³-hybridized carbons (Fsp3) is 0.533. The molecule has 3 rings (SSSR count). The van der Waals surface area contributed by atoms with Crippen LogP contribution in [0.5, 0.6) is 0 Å². The van der Waals surface area contributed by atoms with E-state index in [2.05, 4.69) is 21.1 Å². The van der Waals surface area contributed by atoms with Crippen LogP contribution in [-0.2, 0) is 6.54 Å². The van der Waals surface area contributed by atoms with E-state index in [9.17, 15) is 4.39 Å². The predicted molar refractivity (Wildman–Crippen MR) is 78.9 cm³/mol. The molecule has 6 heteroatoms. The van der Waals surface area contributed by atoms with Gasteiger partial charge in [0.1, 0.15) is 5.83 Å². The summed E-state index contributed by atoms with van der Waals surface area (Å²) in [6, 6.07) is 2.21. The summed E-state index contributed by atoms with van der Waals surface area (Å²) in [7, 11) is 0. The van der Waals surface area contributed by atoms with Crippen LogP contribution in [0.3, 0.4) is 0 Å². The SMILES string of the molecule is N#CCN1CCCC(Cn2ncc3c2N=CCC(F)=C3)C1. The minimum atomic E-state index is -0.185. The van der Waals surface area contributed by atoms with Gasteiger partial charge in [0.2, 0.25) is 0 Å². The molecule has 0 aliphatic carbocycles. The number of likely N-dealkylation sites (tertiary alicyclic amines) is 1. The largest absolute Gasteiger partial charge is 0.290 e. The molecule has 1 aromatic rings. The van der Waals surface area contributed by atoms with Crippen LogP contribution in [0.15, 0.2) is 17.0 Å². The van der Waals surface area contributed by atoms with Crippen LogP contribution >= 0.6 is 0 Å². The molecule has 2 aliphatic rings. The number of aromatic nitrogens is 2. The average Bonchev–Trinajstić information content (AvgIpc) is 2.72. The van der Waals surface area contributed by atoms with Crippen molar-refractivity contribution in [2.45, 2.75) is 25.8 Å². The molecule has 0 saturated carbocycles. The topological polar surface area (TPSA) is 57.2 Å². The normalized spacial score (nSPS) is 22.3. The Kier molecular flexibility index (Phi) is 4.11. The lowest BCUT2D eigenvalue weighted by Crippen LogP contribution is -2.37. The third kappa shape index (κ3) is 3.19. The van der Waals surface area contributed by atoms with E-state index in [1.807, 2.05) is 4.68 Å². The first-order valence-corrected chi connectivity index (χ1v) is 7.30. The highest BCUT2D eigenvalue weighted by Crippen LogP contribution is 2.27. The molecule has 1 aromatic heterocycles. The van der Waals surface area contributed by atoms with Crippen LogP contribution in [0.25, 0.3) is 6.08 Å². The molecule has 5 nitrogen and oxygen atoms in total. The van der Waals surface area contributed by atoms with Crippen molar-refractivity contribution in [1.29, 1.82) is 5.26 Å². The van der Waals surface area contributed by atoms with E-state index in [1.165, 1.54) is 6.08 Å². The smallest absolute Gasteiger partial charge is 0.157 e. The van der Waals surface area contributed by atoms with Gasteiger partial charge in [0.05, 0.1) is 18.8 Å². The molecule has 3 heterocycles. The summed E-state index contributed by atoms with van der Waals surface area (Å²) in [4.78, 5) is 6.52. The summed E-state index contributed by atoms with van der Waals surface area (Å²) in [5.41, 5.74) is 0.742. The molecule has 0 spiro atoms. The highest BCUT2D eigenvalue weighted by atomic mass is 19.1. The van der Waals surface area contributed by atoms with E-state index in [1.54, 1.807) is 12.4 Å². The number of nitriles is 1. The van der Waals surface area contributed by atoms with Crippen molar-refractivity contribution in [1.82, 2.24) is 14.7 Å². The lowest BCUT2D eigenvalue weighted by Gasteiger charge is -2.31. The first-order chi connectivity index (χ1) is 10.3. The molecule has 1 unspecified atom stereocenters. The molecule has 2 aliphatic heterocycles. The summed E-state index contributed by atoms with van der Waals surface area (Å²) in [6.45, 7) is 3.16. The molecule has 1 fully saturated rings. The molecule has 0 N–H and O–H groups in total. The summed E-state index contributed by atoms with van der Waals surface area (Å²) in [5, 5.41) is 13.2. The van der Waals surface area contributed by atoms with Crippen molar-refractivity contribution in [3.8, 4) is 6.07 Å². The second-order valence-electron chi connectivity index (χ2n) is 5.61. The number of nitrogens with zero attached hydrogens (tertiary/aromatic N) is 5. The Hall–Kier alpha value is -2.00. The Morgan fingerprint density at radius 3 is 3.24 bits per heavy atom. The number of rotatable bonds is 3. The third-order valence-electron chi connectivity index (χ3n) is 3.98. The predicted octanol–water partition coefficient (Wildman–Crippen LogP) is 2.54. The number of piperidine rings is 1. The minimum absolute atomic E-state index is 0.185. The van der Waals surface area contributed by atoms with Crippen LogP contribution in [0.4, 0.5) is 10.2 Å². The first-order valence-electron chi connectivity index (χ1n) is 7.30. The maximum Gasteiger partial charge on any atom is 0.157 e. The molecule has 0 aromatic carbocycles. The van der Waals surface area contributed by atoms with Gasteiger partial charge in [-0.25, -0.2) is 14.1 Å². The highest BCUT2D eigenvalue weighted by Gasteiger charge is 2.22. The van der Waals surface area contributed by atoms with Gasteiger partial charge in [0, 0.05) is 31.3 Å². The number of allylic oxidation sites excluding steroid dienone is 1. The highest BCUT2D eigenvalue weighted by molar-refractivity contribution is 5.75. The lowest BCUT2D eigenvalue weighted by atomic mass is 9.98. The number of halogens is 1. The van der Waals surface area contributed by atoms with E-state index in [4.69, 9.17) is 5.26 Å². The molecule has 21 heavy (non-hydrogen) atoms. The Balaban J connectivity index is 1.73. The molecule has 0 bridgehead atoms. The zero-order valence-electron chi connectivity index (χ0n) is 11.9. The van der Waals surface area contributed by atoms with Gasteiger partial charge in [-0.05, 0) is 31.4 Å². The molecule has 0 radical (unpaired) electrons. The minimum Gasteiger partial charge on any atom is -0.290 e. The molecule has 0 amide bonds. The van der Waals surface area contributed by atoms with Gasteiger partial charge >= 0.3 is 0 Å². The van der Waals surface area contributed by atoms with Gasteiger partial charge in [-0.3, -0.25) is 4.90 Å². The lowest BCUT2D eigenvalue weighted by molar-refractivity contribution is 0.176. The van der Waals surface area contributed by atoms with E-state index >= 15 is 0 Å². The van der Waals surface area contributed by atoms with Gasteiger partial charge in [-0.1, -0.05) is 0 Å². The van der Waals surface area contributed by atoms with E-state index in [-0.39, 0.29) is 12.2 Å². The average molecular weight is 287 g/mol. The van der Waals surface area contributed by atoms with Crippen LogP contribution in [0, 0.1) is 17.2 Å². The van der Waals surface area contributed by atoms with Gasteiger partial charge in [0.25, 0.3) is 0 Å². The number of hydrogen-bond acceptors (Lipinski definition) is 4. The summed E-state index contributed by atoms with van der Waals surface area (Å²) >= 11 is 0. The Morgan fingerprint density at radius 2 is 2.38 bits per heavy atom. The van der Waals surface area contributed by atoms with Crippen molar-refractivity contribution in [3.63, 3.8) is 0 Å². The second-order valence-corrected chi connectivity index (χ2v) is 5.61. The molecule has 1 saturated heterocycles. The summed E-state index contributed by atoms with van der Waals surface area (Å²) < 4.78 is 15.3. The standard InChI is InChI=1S/C15H18FN5/c16-14-3-5-18-15-13(8-14)9-19-21(15)11-12-2-1-6-20(10-12)7-4-17/h5,8-9,12H,1-3,6-7,10-11H2. The maximum absolute atomic E-state index is 13.4. The molecular formula is C15H18FN5. The maximum atomic E-state index is 13.4. The number of hydrogen-bond donors (Lipinski definition) is 0. The van der Waals surface area contributed by atoms with Crippen LogP contribution < -0.4 is 0 Å². The van der Waals surface area contributed by atoms with Crippen molar-refractivity contribution in [3.05, 3.63) is 17.6 Å². The second kappa shape index (κ2) is 6.19. The third-order valence-corrected chi connectivity index (χ3v) is 3.98. The number of fused-ring (bicyclic) bond motifs is 1. The van der Waals surface area contributed by atoms with Crippen molar-refractivity contribution < 1.29 is 4.39 Å². The van der Waals surface area contributed by atoms with Crippen LogP contribution in [-0.4, -0.2) is 40.5 Å². The van der Waals surface area contributed by atoms with Crippen molar-refractivity contribution in [2.24, 2.45) is 10.9 Å². The van der Waals surface area contributed by atoms with Gasteiger partial charge < -0.3 is 0 Å². The van der Waals surface area contributed by atoms with Crippen LogP contribution in [0.1, 0.15) is 24.8 Å². The van der Waals surface area contributed by atoms with Crippen molar-refractivity contribution in [2.75, 3.05) is 19.6 Å². The zero-order valence-corrected chi connectivity index (χ0v) is 11.9. The molecule has 1 atom stereocenters. The van der Waals surface area contributed by atoms with Gasteiger partial charge in [-0.2, -0.15) is 10.4 Å². The van der Waals surface area contributed by atoms with E-state index in [0.29, 0.717) is 12.5 Å². The van der Waals surface area contributed by atoms with Gasteiger partial charge in [-0.15, -0.1) is 0 Å². The van der Waals surface area contributed by atoms with E-state index in [0.717, 1.165) is 43.9 Å². The van der Waals surface area contributed by atoms with Crippen molar-refractivity contribution >= 4 is 18.1 Å². The Morgan fingerprint density at radius 1 is 1.48 bits per heavy atom. The van der Waals surface area contributed by atoms with Gasteiger partial charge in [0.15, 0.2) is 5.82 Å². The molecule has 110 valence electrons. The quantitative estimate of drug-likeness (QED) is 0.803. The Labute approximate surface area is 123 Å². The zero-order chi connectivity index (χ0) is 14.7. The fourth-order valence-corrected chi connectivity index (χ4v) is 3.01. The van der Waals surface area contributed by atoms with E-state index < -0.39 is 0 Å². The summed E-state index contributed by atoms with van der Waals surface area (Å²) in [5.74, 6) is 1.01. The molecular weight excluding hydrogens is 269 g/mol. The monoisotopic (exact) mass is 287 g/mol. The Bertz CT molecular complexity index is 610. The van der Waals surface area contributed by atoms with Crippen LogP contribution in [0.2, 0.25) is 0 Å². The first kappa shape index (κ1) is 14.0. The number of aliphatic imine (C=N–C) groups is 1. The fourth-order valence-electron chi connectivity index (χ4n) is 3.01.